The lowest BCUT2D eigenvalue weighted by Gasteiger charge is -2.17. The average molecular weight is 428 g/mol. The van der Waals surface area contributed by atoms with Crippen molar-refractivity contribution in [3.8, 4) is 17.6 Å². The van der Waals surface area contributed by atoms with E-state index in [-0.39, 0.29) is 22.9 Å². The van der Waals surface area contributed by atoms with Crippen molar-refractivity contribution in [2.75, 3.05) is 0 Å². The Morgan fingerprint density at radius 2 is 1.97 bits per heavy atom. The lowest BCUT2D eigenvalue weighted by molar-refractivity contribution is 0.0934. The maximum Gasteiger partial charge on any atom is 0.399 e. The fraction of sp³-hybridized carbons (Fsp3) is 0.304. The molecule has 0 saturated heterocycles. The van der Waals surface area contributed by atoms with Gasteiger partial charge in [-0.15, -0.1) is 0 Å². The van der Waals surface area contributed by atoms with Crippen LogP contribution in [0.3, 0.4) is 0 Å². The monoisotopic (exact) mass is 428 g/mol. The van der Waals surface area contributed by atoms with Crippen molar-refractivity contribution in [1.29, 1.82) is 0 Å². The van der Waals surface area contributed by atoms with Crippen molar-refractivity contribution < 1.29 is 27.5 Å². The number of nitrogens with zero attached hydrogens (tertiary/aromatic N) is 1. The third-order valence-electron chi connectivity index (χ3n) is 5.12. The number of rotatable bonds is 5. The molecule has 162 valence electrons. The molecule has 0 aliphatic carbocycles. The predicted molar refractivity (Wildman–Crippen MR) is 108 cm³/mol. The molecule has 0 bridgehead atoms. The first-order chi connectivity index (χ1) is 14.6. The van der Waals surface area contributed by atoms with Crippen LogP contribution in [0.1, 0.15) is 54.0 Å². The molecule has 3 aromatic rings. The normalized spacial score (nSPS) is 15.2. The van der Waals surface area contributed by atoms with Gasteiger partial charge in [-0.25, -0.2) is 8.78 Å². The quantitative estimate of drug-likeness (QED) is 0.600. The van der Waals surface area contributed by atoms with Crippen LogP contribution in [0, 0.1) is 18.6 Å². The van der Waals surface area contributed by atoms with Gasteiger partial charge in [0, 0.05) is 17.5 Å². The zero-order valence-corrected chi connectivity index (χ0v) is 17.6. The highest BCUT2D eigenvalue weighted by Crippen LogP contribution is 2.43. The van der Waals surface area contributed by atoms with E-state index in [4.69, 9.17) is 13.9 Å². The van der Waals surface area contributed by atoms with Crippen LogP contribution in [-0.4, -0.2) is 16.5 Å². The number of para-hydroxylation sites is 1. The van der Waals surface area contributed by atoms with Gasteiger partial charge in [0.25, 0.3) is 5.91 Å². The molecule has 0 saturated carbocycles. The fourth-order valence-corrected chi connectivity index (χ4v) is 3.44. The number of halogens is 2. The van der Waals surface area contributed by atoms with Gasteiger partial charge >= 0.3 is 6.08 Å². The van der Waals surface area contributed by atoms with Crippen LogP contribution in [0.5, 0.6) is 17.6 Å². The van der Waals surface area contributed by atoms with E-state index in [9.17, 15) is 13.6 Å². The van der Waals surface area contributed by atoms with E-state index in [0.717, 1.165) is 18.2 Å². The summed E-state index contributed by atoms with van der Waals surface area (Å²) >= 11 is 0. The van der Waals surface area contributed by atoms with Crippen LogP contribution in [0.25, 0.3) is 0 Å². The van der Waals surface area contributed by atoms with Crippen molar-refractivity contribution in [3.63, 3.8) is 0 Å². The molecule has 1 amide bonds. The van der Waals surface area contributed by atoms with Crippen molar-refractivity contribution in [3.05, 3.63) is 70.6 Å². The average Bonchev–Trinajstić information content (AvgIpc) is 3.29. The number of amides is 1. The Bertz CT molecular complexity index is 1130. The van der Waals surface area contributed by atoms with E-state index < -0.39 is 23.6 Å². The lowest BCUT2D eigenvalue weighted by Crippen LogP contribution is -2.27. The maximum absolute atomic E-state index is 13.8. The smallest absolute Gasteiger partial charge is 0.399 e. The highest BCUT2D eigenvalue weighted by atomic mass is 19.1. The third kappa shape index (κ3) is 4.23. The van der Waals surface area contributed by atoms with Gasteiger partial charge in [0.05, 0.1) is 6.04 Å². The molecule has 0 radical (unpaired) electrons. The molecular formula is C23H22F2N2O4. The third-order valence-corrected chi connectivity index (χ3v) is 5.12. The molecule has 2 aromatic carbocycles. The maximum atomic E-state index is 13.8. The molecule has 2 heterocycles. The van der Waals surface area contributed by atoms with Crippen LogP contribution < -0.4 is 14.8 Å². The lowest BCUT2D eigenvalue weighted by atomic mass is 10.0. The van der Waals surface area contributed by atoms with Crippen LogP contribution >= 0.6 is 0 Å². The zero-order chi connectivity index (χ0) is 22.3. The molecule has 1 aromatic heterocycles. The minimum absolute atomic E-state index is 0.0243. The van der Waals surface area contributed by atoms with Crippen LogP contribution in [-0.2, 0) is 6.42 Å². The number of nitrogens with one attached hydrogen (secondary N) is 1. The first kappa shape index (κ1) is 20.8. The van der Waals surface area contributed by atoms with Crippen LogP contribution in [0.4, 0.5) is 8.78 Å². The molecule has 1 aliphatic rings. The van der Waals surface area contributed by atoms with Crippen molar-refractivity contribution >= 4 is 5.91 Å². The molecule has 8 heteroatoms. The van der Waals surface area contributed by atoms with E-state index in [2.05, 4.69) is 10.3 Å². The summed E-state index contributed by atoms with van der Waals surface area (Å²) in [4.78, 5) is 16.6. The number of carbonyl (C=O) groups excluding carboxylic acids is 1. The standard InChI is InChI=1S/C23H22F2N2O4/c1-12-16(24)8-15(9-17(12)25)13(2)26-21(28)18-11-29-22(27-18)30-19-7-5-6-14-10-23(3,4)31-20(14)19/h5-9,11,13H,10H2,1-4H3,(H,26,28)/t13-/m1/s1. The van der Waals surface area contributed by atoms with E-state index in [0.29, 0.717) is 17.1 Å². The Balaban J connectivity index is 1.46. The van der Waals surface area contributed by atoms with Crippen molar-refractivity contribution in [1.82, 2.24) is 10.3 Å². The van der Waals surface area contributed by atoms with Gasteiger partial charge in [-0.2, -0.15) is 4.98 Å². The Hall–Kier alpha value is -3.42. The zero-order valence-electron chi connectivity index (χ0n) is 17.6. The molecule has 1 N–H and O–H groups in total. The Morgan fingerprint density at radius 3 is 2.68 bits per heavy atom. The van der Waals surface area contributed by atoms with Gasteiger partial charge in [-0.1, -0.05) is 12.1 Å². The molecule has 0 fully saturated rings. The number of hydrogen-bond acceptors (Lipinski definition) is 5. The van der Waals surface area contributed by atoms with Crippen molar-refractivity contribution in [2.24, 2.45) is 0 Å². The van der Waals surface area contributed by atoms with E-state index in [1.165, 1.54) is 19.1 Å². The predicted octanol–water partition coefficient (Wildman–Crippen LogP) is 5.26. The van der Waals surface area contributed by atoms with Gasteiger partial charge in [0.15, 0.2) is 17.2 Å². The summed E-state index contributed by atoms with van der Waals surface area (Å²) in [5.41, 5.74) is 0.880. The number of hydrogen-bond donors (Lipinski definition) is 1. The summed E-state index contributed by atoms with van der Waals surface area (Å²) in [5, 5.41) is 2.64. The molecule has 0 spiro atoms. The molecule has 1 atom stereocenters. The molecule has 4 rings (SSSR count). The summed E-state index contributed by atoms with van der Waals surface area (Å²) in [6, 6.07) is 7.27. The second kappa shape index (κ2) is 7.68. The summed E-state index contributed by atoms with van der Waals surface area (Å²) in [5.74, 6) is -0.851. The highest BCUT2D eigenvalue weighted by molar-refractivity contribution is 5.92. The summed E-state index contributed by atoms with van der Waals surface area (Å²) < 4.78 is 44.5. The van der Waals surface area contributed by atoms with E-state index >= 15 is 0 Å². The minimum Gasteiger partial charge on any atom is -0.483 e. The van der Waals surface area contributed by atoms with E-state index in [1.807, 2.05) is 26.0 Å². The first-order valence-corrected chi connectivity index (χ1v) is 9.83. The number of aromatic nitrogens is 1. The Labute approximate surface area is 178 Å². The molecular weight excluding hydrogens is 406 g/mol. The van der Waals surface area contributed by atoms with Gasteiger partial charge in [-0.05, 0) is 51.5 Å². The molecule has 0 unspecified atom stereocenters. The van der Waals surface area contributed by atoms with Gasteiger partial charge < -0.3 is 19.2 Å². The van der Waals surface area contributed by atoms with Gasteiger partial charge in [0.1, 0.15) is 23.5 Å². The summed E-state index contributed by atoms with van der Waals surface area (Å²) in [6.07, 6.45) is 1.78. The largest absolute Gasteiger partial charge is 0.483 e. The fourth-order valence-electron chi connectivity index (χ4n) is 3.44. The molecule has 6 nitrogen and oxygen atoms in total. The molecule has 31 heavy (non-hydrogen) atoms. The van der Waals surface area contributed by atoms with Crippen molar-refractivity contribution in [2.45, 2.75) is 45.8 Å². The second-order valence-corrected chi connectivity index (χ2v) is 8.19. The van der Waals surface area contributed by atoms with Crippen LogP contribution in [0.15, 0.2) is 41.0 Å². The summed E-state index contributed by atoms with van der Waals surface area (Å²) in [7, 11) is 0. The minimum atomic E-state index is -0.672. The van der Waals surface area contributed by atoms with Crippen LogP contribution in [0.2, 0.25) is 0 Å². The number of fused-ring (bicyclic) bond motifs is 1. The Morgan fingerprint density at radius 1 is 1.26 bits per heavy atom. The van der Waals surface area contributed by atoms with Gasteiger partial charge in [0.2, 0.25) is 0 Å². The SMILES string of the molecule is Cc1c(F)cc([C@@H](C)NC(=O)c2coc(Oc3cccc4c3OC(C)(C)C4)n2)cc1F. The van der Waals surface area contributed by atoms with E-state index in [1.54, 1.807) is 13.0 Å². The second-order valence-electron chi connectivity index (χ2n) is 8.19. The number of benzene rings is 2. The number of ether oxygens (including phenoxy) is 2. The molecule has 1 aliphatic heterocycles. The first-order valence-electron chi connectivity index (χ1n) is 9.83. The Kier molecular flexibility index (Phi) is 5.16. The number of oxazole rings is 1. The summed E-state index contributed by atoms with van der Waals surface area (Å²) in [6.45, 7) is 6.93. The topological polar surface area (TPSA) is 73.6 Å². The van der Waals surface area contributed by atoms with Gasteiger partial charge in [-0.3, -0.25) is 4.79 Å². The highest BCUT2D eigenvalue weighted by Gasteiger charge is 2.32. The number of carbonyl (C=O) groups is 1.